The van der Waals surface area contributed by atoms with Gasteiger partial charge in [-0.05, 0) is 97.7 Å². The van der Waals surface area contributed by atoms with Gasteiger partial charge in [0, 0.05) is 30.9 Å². The molecular weight excluding hydrogens is 727 g/mol. The van der Waals surface area contributed by atoms with E-state index in [4.69, 9.17) is 9.83 Å². The molecule has 0 bridgehead atoms. The number of benzene rings is 9. The van der Waals surface area contributed by atoms with Gasteiger partial charge < -0.3 is 10.2 Å². The standard InChI is InChI=1S/C38H25NO.C12H8S.C2H6.CH4N2/c1-39-38(25-11-3-2-4-12-25)31-16-9-17-36-37(31)34-22-26(19-21-35(34)40-36)32-23-33-27-13-6-5-10-24(27)18-20-30(33)28-14-7-8-15-29(28)32;1-3-7-11-9(5-1)10-6-2-4-8-12(10)13-11;1-2;2-1-3/h2-23,38H,1H2;1-8H;1-2H3;1H,(H3,2,3). The van der Waals surface area contributed by atoms with Crippen molar-refractivity contribution >= 4 is 98.8 Å². The molecule has 0 fully saturated rings. The largest absolute Gasteiger partial charge is 0.456 e. The number of nitrogens with one attached hydrogen (secondary N) is 1. The Hall–Kier alpha value is -7.08. The van der Waals surface area contributed by atoms with Gasteiger partial charge in [0.1, 0.15) is 11.2 Å². The van der Waals surface area contributed by atoms with Gasteiger partial charge in [-0.2, -0.15) is 0 Å². The summed E-state index contributed by atoms with van der Waals surface area (Å²) < 4.78 is 9.12. The van der Waals surface area contributed by atoms with Gasteiger partial charge in [-0.25, -0.2) is 0 Å². The van der Waals surface area contributed by atoms with Gasteiger partial charge in [0.15, 0.2) is 0 Å². The van der Waals surface area contributed by atoms with Crippen molar-refractivity contribution < 1.29 is 4.42 Å². The highest BCUT2D eigenvalue weighted by atomic mass is 32.1. The molecule has 11 rings (SSSR count). The van der Waals surface area contributed by atoms with Crippen LogP contribution in [0.4, 0.5) is 0 Å². The lowest BCUT2D eigenvalue weighted by molar-refractivity contribution is 0.668. The van der Waals surface area contributed by atoms with Crippen molar-refractivity contribution in [2.24, 2.45) is 10.7 Å². The van der Waals surface area contributed by atoms with E-state index in [0.717, 1.165) is 39.4 Å². The summed E-state index contributed by atoms with van der Waals surface area (Å²) in [6.45, 7) is 7.96. The van der Waals surface area contributed by atoms with Gasteiger partial charge in [-0.1, -0.05) is 159 Å². The van der Waals surface area contributed by atoms with Crippen LogP contribution < -0.4 is 5.73 Å². The summed E-state index contributed by atoms with van der Waals surface area (Å²) in [6.07, 6.45) is 0.750. The molecule has 4 nitrogen and oxygen atoms in total. The average molecular weight is 770 g/mol. The van der Waals surface area contributed by atoms with Gasteiger partial charge in [0.2, 0.25) is 0 Å². The molecule has 2 heterocycles. The van der Waals surface area contributed by atoms with Gasteiger partial charge in [0.25, 0.3) is 0 Å². The normalized spacial score (nSPS) is 11.4. The minimum Gasteiger partial charge on any atom is -0.456 e. The van der Waals surface area contributed by atoms with Crippen molar-refractivity contribution in [2.45, 2.75) is 19.9 Å². The number of rotatable bonds is 4. The maximum atomic E-state index is 6.37. The summed E-state index contributed by atoms with van der Waals surface area (Å²) in [6, 6.07) is 64.3. The smallest absolute Gasteiger partial charge is 0.135 e. The van der Waals surface area contributed by atoms with E-state index in [1.807, 2.05) is 55.5 Å². The van der Waals surface area contributed by atoms with Crippen LogP contribution in [0, 0.1) is 5.41 Å². The fraction of sp³-hybridized carbons (Fsp3) is 0.0566. The van der Waals surface area contributed by atoms with E-state index in [9.17, 15) is 0 Å². The fourth-order valence-electron chi connectivity index (χ4n) is 8.04. The van der Waals surface area contributed by atoms with Gasteiger partial charge in [-0.3, -0.25) is 10.4 Å². The Morgan fingerprint density at radius 3 is 1.83 bits per heavy atom. The number of hydrogen-bond donors (Lipinski definition) is 2. The van der Waals surface area contributed by atoms with Gasteiger partial charge >= 0.3 is 0 Å². The summed E-state index contributed by atoms with van der Waals surface area (Å²) >= 11 is 1.86. The number of hydrogen-bond acceptors (Lipinski definition) is 4. The molecule has 0 aliphatic rings. The zero-order valence-electron chi connectivity index (χ0n) is 32.5. The second kappa shape index (κ2) is 17.0. The van der Waals surface area contributed by atoms with E-state index in [0.29, 0.717) is 0 Å². The number of furan rings is 1. The van der Waals surface area contributed by atoms with E-state index < -0.39 is 0 Å². The molecule has 0 aliphatic heterocycles. The molecule has 0 aliphatic carbocycles. The van der Waals surface area contributed by atoms with E-state index in [1.165, 1.54) is 63.6 Å². The molecule has 282 valence electrons. The first-order chi connectivity index (χ1) is 28.7. The van der Waals surface area contributed by atoms with Crippen molar-refractivity contribution in [3.05, 3.63) is 193 Å². The Labute approximate surface area is 342 Å². The zero-order chi connectivity index (χ0) is 40.0. The second-order valence-corrected chi connectivity index (χ2v) is 14.7. The third kappa shape index (κ3) is 6.97. The van der Waals surface area contributed by atoms with Crippen LogP contribution >= 0.6 is 11.3 Å². The summed E-state index contributed by atoms with van der Waals surface area (Å²) in [4.78, 5) is 4.56. The first-order valence-corrected chi connectivity index (χ1v) is 20.3. The third-order valence-corrected chi connectivity index (χ3v) is 11.6. The number of nitrogens with two attached hydrogens (primary N) is 1. The number of fused-ring (bicyclic) bond motifs is 11. The minimum atomic E-state index is -0.179. The number of aliphatic imine (C=N–C) groups is 1. The molecule has 0 spiro atoms. The highest BCUT2D eigenvalue weighted by Crippen LogP contribution is 2.42. The quantitative estimate of drug-likeness (QED) is 0.106. The summed E-state index contributed by atoms with van der Waals surface area (Å²) in [5.74, 6) is 0. The lowest BCUT2D eigenvalue weighted by Gasteiger charge is -2.15. The lowest BCUT2D eigenvalue weighted by atomic mass is 9.90. The van der Waals surface area contributed by atoms with Crippen LogP contribution in [-0.2, 0) is 0 Å². The van der Waals surface area contributed by atoms with Crippen molar-refractivity contribution in [3.63, 3.8) is 0 Å². The van der Waals surface area contributed by atoms with Crippen molar-refractivity contribution in [2.75, 3.05) is 0 Å². The van der Waals surface area contributed by atoms with Crippen LogP contribution in [0.2, 0.25) is 0 Å². The molecule has 1 atom stereocenters. The molecule has 0 radical (unpaired) electrons. The molecular formula is C53H43N3OS. The molecule has 0 saturated carbocycles. The number of nitrogens with zero attached hydrogens (tertiary/aromatic N) is 1. The summed E-state index contributed by atoms with van der Waals surface area (Å²) in [5.41, 5.74) is 10.7. The van der Waals surface area contributed by atoms with E-state index >= 15 is 0 Å². The molecule has 11 aromatic rings. The SMILES string of the molecule is C=NC(c1ccccc1)c1cccc2oc3ccc(-c4cc5c6ccccc6ccc5c5ccccc45)cc3c12.CC.N=CN.c1ccc2c(c1)sc1ccccc12. The predicted molar refractivity (Wildman–Crippen MR) is 253 cm³/mol. The van der Waals surface area contributed by atoms with E-state index in [2.05, 4.69) is 169 Å². The van der Waals surface area contributed by atoms with E-state index in [1.54, 1.807) is 0 Å². The highest BCUT2D eigenvalue weighted by molar-refractivity contribution is 7.25. The maximum Gasteiger partial charge on any atom is 0.135 e. The lowest BCUT2D eigenvalue weighted by Crippen LogP contribution is -1.98. The Morgan fingerprint density at radius 2 is 1.14 bits per heavy atom. The third-order valence-electron chi connectivity index (χ3n) is 10.5. The van der Waals surface area contributed by atoms with Crippen molar-refractivity contribution in [3.8, 4) is 11.1 Å². The van der Waals surface area contributed by atoms with Crippen LogP contribution in [-0.4, -0.2) is 13.1 Å². The summed E-state index contributed by atoms with van der Waals surface area (Å²) in [5, 5.41) is 18.4. The fourth-order valence-corrected chi connectivity index (χ4v) is 9.15. The molecule has 1 unspecified atom stereocenters. The Bertz CT molecular complexity index is 3170. The van der Waals surface area contributed by atoms with Crippen LogP contribution in [0.5, 0.6) is 0 Å². The molecule has 2 aromatic heterocycles. The zero-order valence-corrected chi connectivity index (χ0v) is 33.3. The first kappa shape index (κ1) is 37.8. The van der Waals surface area contributed by atoms with Gasteiger partial charge in [0.05, 0.1) is 12.4 Å². The Kier molecular flexibility index (Phi) is 11.1. The first-order valence-electron chi connectivity index (χ1n) is 19.5. The Morgan fingerprint density at radius 1 is 0.552 bits per heavy atom. The number of thiophene rings is 1. The summed E-state index contributed by atoms with van der Waals surface area (Å²) in [7, 11) is 0. The Balaban J connectivity index is 0.000000217. The van der Waals surface area contributed by atoms with Crippen molar-refractivity contribution in [1.82, 2.24) is 0 Å². The topological polar surface area (TPSA) is 75.4 Å². The molecule has 9 aromatic carbocycles. The van der Waals surface area contributed by atoms with Crippen LogP contribution in [0.15, 0.2) is 191 Å². The van der Waals surface area contributed by atoms with Crippen LogP contribution in [0.1, 0.15) is 31.0 Å². The molecule has 0 saturated heterocycles. The molecule has 0 amide bonds. The average Bonchev–Trinajstić information content (AvgIpc) is 3.86. The second-order valence-electron chi connectivity index (χ2n) is 13.6. The predicted octanol–water partition coefficient (Wildman–Crippen LogP) is 15.1. The monoisotopic (exact) mass is 769 g/mol. The van der Waals surface area contributed by atoms with Crippen LogP contribution in [0.3, 0.4) is 0 Å². The van der Waals surface area contributed by atoms with Gasteiger partial charge in [-0.15, -0.1) is 11.3 Å². The molecule has 58 heavy (non-hydrogen) atoms. The van der Waals surface area contributed by atoms with Crippen molar-refractivity contribution in [1.29, 1.82) is 5.41 Å². The maximum absolute atomic E-state index is 6.37. The molecule has 5 heteroatoms. The minimum absolute atomic E-state index is 0.179. The molecule has 3 N–H and O–H groups in total. The van der Waals surface area contributed by atoms with E-state index in [-0.39, 0.29) is 6.04 Å². The highest BCUT2D eigenvalue weighted by Gasteiger charge is 2.20. The van der Waals surface area contributed by atoms with Crippen LogP contribution in [0.25, 0.3) is 85.6 Å².